The van der Waals surface area contributed by atoms with Crippen LogP contribution in [0.2, 0.25) is 0 Å². The first-order valence-corrected chi connectivity index (χ1v) is 11.4. The van der Waals surface area contributed by atoms with Crippen molar-refractivity contribution in [2.75, 3.05) is 20.8 Å². The van der Waals surface area contributed by atoms with Crippen LogP contribution in [-0.4, -0.2) is 32.6 Å². The maximum Gasteiger partial charge on any atom is 0.347 e. The Morgan fingerprint density at radius 2 is 1.72 bits per heavy atom. The van der Waals surface area contributed by atoms with Crippen molar-refractivity contribution in [3.05, 3.63) is 89.2 Å². The molecule has 0 aliphatic rings. The zero-order chi connectivity index (χ0) is 25.7. The van der Waals surface area contributed by atoms with Crippen molar-refractivity contribution in [2.24, 2.45) is 0 Å². The normalized spacial score (nSPS) is 11.0. The average Bonchev–Trinajstić information content (AvgIpc) is 3.22. The van der Waals surface area contributed by atoms with Gasteiger partial charge in [-0.05, 0) is 68.0 Å². The van der Waals surface area contributed by atoms with E-state index in [4.69, 9.17) is 23.4 Å². The van der Waals surface area contributed by atoms with E-state index in [9.17, 15) is 9.59 Å². The van der Waals surface area contributed by atoms with Crippen LogP contribution < -0.4 is 18.9 Å². The molecule has 3 aromatic carbocycles. The molecule has 0 amide bonds. The molecular formula is C29H26O7. The first-order valence-electron chi connectivity index (χ1n) is 11.4. The summed E-state index contributed by atoms with van der Waals surface area (Å²) in [6.07, 6.45) is 3.09. The fourth-order valence-corrected chi connectivity index (χ4v) is 3.81. The molecule has 0 saturated heterocycles. The van der Waals surface area contributed by atoms with E-state index in [-0.39, 0.29) is 5.78 Å². The standard InChI is InChI=1S/C29H26O7/c1-5-34-21-11-14-26-24(16-21)28(18(2)35-26)29(31)36-22-8-6-7-19(15-22)9-13-25(30)23-12-10-20(32-3)17-27(23)33-4/h6-17H,5H2,1-4H3/b13-9+. The van der Waals surface area contributed by atoms with Gasteiger partial charge >= 0.3 is 5.97 Å². The largest absolute Gasteiger partial charge is 0.497 e. The molecule has 0 fully saturated rings. The number of benzene rings is 3. The number of rotatable bonds is 9. The molecule has 0 bridgehead atoms. The quantitative estimate of drug-likeness (QED) is 0.119. The summed E-state index contributed by atoms with van der Waals surface area (Å²) in [6, 6.07) is 17.2. The predicted molar refractivity (Wildman–Crippen MR) is 136 cm³/mol. The van der Waals surface area contributed by atoms with Gasteiger partial charge in [-0.1, -0.05) is 18.2 Å². The van der Waals surface area contributed by atoms with Gasteiger partial charge < -0.3 is 23.4 Å². The lowest BCUT2D eigenvalue weighted by atomic mass is 10.1. The fraction of sp³-hybridized carbons (Fsp3) is 0.172. The van der Waals surface area contributed by atoms with Gasteiger partial charge in [0.05, 0.1) is 26.4 Å². The molecule has 7 heteroatoms. The highest BCUT2D eigenvalue weighted by molar-refractivity contribution is 6.09. The van der Waals surface area contributed by atoms with Crippen molar-refractivity contribution in [3.8, 4) is 23.0 Å². The Kier molecular flexibility index (Phi) is 7.39. The molecule has 1 aromatic heterocycles. The second-order valence-electron chi connectivity index (χ2n) is 7.85. The van der Waals surface area contributed by atoms with E-state index in [0.29, 0.717) is 63.0 Å². The Bertz CT molecular complexity index is 1450. The first-order chi connectivity index (χ1) is 17.4. The molecule has 0 N–H and O–H groups in total. The number of ketones is 1. The van der Waals surface area contributed by atoms with Crippen LogP contribution in [0.5, 0.6) is 23.0 Å². The smallest absolute Gasteiger partial charge is 0.347 e. The van der Waals surface area contributed by atoms with Crippen LogP contribution in [0.3, 0.4) is 0 Å². The molecule has 0 spiro atoms. The summed E-state index contributed by atoms with van der Waals surface area (Å²) in [6.45, 7) is 4.12. The Morgan fingerprint density at radius 3 is 2.47 bits per heavy atom. The summed E-state index contributed by atoms with van der Waals surface area (Å²) in [7, 11) is 3.04. The van der Waals surface area contributed by atoms with Gasteiger partial charge in [-0.2, -0.15) is 0 Å². The molecular weight excluding hydrogens is 460 g/mol. The molecule has 184 valence electrons. The summed E-state index contributed by atoms with van der Waals surface area (Å²) in [5.41, 5.74) is 2.01. The van der Waals surface area contributed by atoms with Crippen molar-refractivity contribution < 1.29 is 33.0 Å². The Labute approximate surface area is 208 Å². The number of aryl methyl sites for hydroxylation is 1. The maximum absolute atomic E-state index is 13.0. The Hall–Kier alpha value is -4.52. The van der Waals surface area contributed by atoms with Crippen LogP contribution in [-0.2, 0) is 0 Å². The lowest BCUT2D eigenvalue weighted by Gasteiger charge is -2.08. The van der Waals surface area contributed by atoms with Gasteiger partial charge in [0.1, 0.15) is 39.9 Å². The van der Waals surface area contributed by atoms with Gasteiger partial charge in [-0.3, -0.25) is 4.79 Å². The van der Waals surface area contributed by atoms with E-state index < -0.39 is 5.97 Å². The van der Waals surface area contributed by atoms with Gasteiger partial charge in [0.2, 0.25) is 0 Å². The van der Waals surface area contributed by atoms with E-state index in [2.05, 4.69) is 0 Å². The highest BCUT2D eigenvalue weighted by atomic mass is 16.5. The minimum absolute atomic E-state index is 0.234. The molecule has 4 rings (SSSR count). The number of allylic oxidation sites excluding steroid dienone is 1. The minimum Gasteiger partial charge on any atom is -0.497 e. The lowest BCUT2D eigenvalue weighted by Crippen LogP contribution is -2.09. The number of furan rings is 1. The van der Waals surface area contributed by atoms with Crippen molar-refractivity contribution >= 4 is 28.8 Å². The van der Waals surface area contributed by atoms with Gasteiger partial charge in [-0.25, -0.2) is 4.79 Å². The molecule has 0 unspecified atom stereocenters. The summed E-state index contributed by atoms with van der Waals surface area (Å²) >= 11 is 0. The number of carbonyl (C=O) groups is 2. The molecule has 0 atom stereocenters. The van der Waals surface area contributed by atoms with E-state index in [1.165, 1.54) is 13.2 Å². The number of esters is 1. The zero-order valence-corrected chi connectivity index (χ0v) is 20.5. The molecule has 0 aliphatic heterocycles. The maximum atomic E-state index is 13.0. The lowest BCUT2D eigenvalue weighted by molar-refractivity contribution is 0.0734. The van der Waals surface area contributed by atoms with E-state index in [0.717, 1.165) is 0 Å². The van der Waals surface area contributed by atoms with Crippen molar-refractivity contribution in [2.45, 2.75) is 13.8 Å². The number of fused-ring (bicyclic) bond motifs is 1. The third-order valence-electron chi connectivity index (χ3n) is 5.52. The van der Waals surface area contributed by atoms with E-state index in [1.54, 1.807) is 80.8 Å². The monoisotopic (exact) mass is 486 g/mol. The molecule has 1 heterocycles. The summed E-state index contributed by atoms with van der Waals surface area (Å²) in [5.74, 6) is 1.68. The number of ether oxygens (including phenoxy) is 4. The number of hydrogen-bond donors (Lipinski definition) is 0. The third-order valence-corrected chi connectivity index (χ3v) is 5.52. The second-order valence-corrected chi connectivity index (χ2v) is 7.85. The molecule has 0 saturated carbocycles. The Morgan fingerprint density at radius 1 is 0.917 bits per heavy atom. The number of carbonyl (C=O) groups excluding carboxylic acids is 2. The van der Waals surface area contributed by atoms with Gasteiger partial charge in [0.25, 0.3) is 0 Å². The van der Waals surface area contributed by atoms with E-state index in [1.807, 2.05) is 6.92 Å². The van der Waals surface area contributed by atoms with Crippen molar-refractivity contribution in [3.63, 3.8) is 0 Å². The molecule has 7 nitrogen and oxygen atoms in total. The van der Waals surface area contributed by atoms with Crippen molar-refractivity contribution in [1.29, 1.82) is 0 Å². The number of methoxy groups -OCH3 is 2. The third kappa shape index (κ3) is 5.25. The average molecular weight is 487 g/mol. The highest BCUT2D eigenvalue weighted by Gasteiger charge is 2.21. The van der Waals surface area contributed by atoms with Crippen LogP contribution >= 0.6 is 0 Å². The molecule has 0 radical (unpaired) electrons. The van der Waals surface area contributed by atoms with Crippen molar-refractivity contribution in [1.82, 2.24) is 0 Å². The highest BCUT2D eigenvalue weighted by Crippen LogP contribution is 2.30. The summed E-state index contributed by atoms with van der Waals surface area (Å²) < 4.78 is 27.4. The van der Waals surface area contributed by atoms with Gasteiger partial charge in [0.15, 0.2) is 5.78 Å². The van der Waals surface area contributed by atoms with Crippen LogP contribution in [0.4, 0.5) is 0 Å². The second kappa shape index (κ2) is 10.8. The predicted octanol–water partition coefficient (Wildman–Crippen LogP) is 6.27. The fourth-order valence-electron chi connectivity index (χ4n) is 3.81. The molecule has 4 aromatic rings. The minimum atomic E-state index is -0.542. The molecule has 0 aliphatic carbocycles. The van der Waals surface area contributed by atoms with Crippen LogP contribution in [0.15, 0.2) is 71.2 Å². The van der Waals surface area contributed by atoms with E-state index >= 15 is 0 Å². The van der Waals surface area contributed by atoms with Gasteiger partial charge in [0, 0.05) is 11.5 Å². The molecule has 36 heavy (non-hydrogen) atoms. The van der Waals surface area contributed by atoms with Crippen LogP contribution in [0, 0.1) is 6.92 Å². The van der Waals surface area contributed by atoms with Gasteiger partial charge in [-0.15, -0.1) is 0 Å². The topological polar surface area (TPSA) is 84.2 Å². The zero-order valence-electron chi connectivity index (χ0n) is 20.5. The first kappa shape index (κ1) is 24.6. The Balaban J connectivity index is 1.53. The summed E-state index contributed by atoms with van der Waals surface area (Å²) in [5, 5.41) is 0.624. The van der Waals surface area contributed by atoms with Crippen LogP contribution in [0.1, 0.15) is 39.0 Å². The SMILES string of the molecule is CCOc1ccc2oc(C)c(C(=O)Oc3cccc(/C=C/C(=O)c4ccc(OC)cc4OC)c3)c2c1. The van der Waals surface area contributed by atoms with Crippen LogP contribution in [0.25, 0.3) is 17.0 Å². The summed E-state index contributed by atoms with van der Waals surface area (Å²) in [4.78, 5) is 25.8. The number of hydrogen-bond acceptors (Lipinski definition) is 7.